The van der Waals surface area contributed by atoms with Crippen LogP contribution in [0.5, 0.6) is 5.75 Å². The van der Waals surface area contributed by atoms with Gasteiger partial charge in [0.2, 0.25) is 5.82 Å². The van der Waals surface area contributed by atoms with Crippen LogP contribution in [0.15, 0.2) is 36.5 Å². The quantitative estimate of drug-likeness (QED) is 0.626. The number of nitriles is 1. The molecular formula is C23H30N6O3. The van der Waals surface area contributed by atoms with E-state index in [0.29, 0.717) is 24.5 Å². The van der Waals surface area contributed by atoms with Crippen molar-refractivity contribution in [2.45, 2.75) is 20.8 Å². The van der Waals surface area contributed by atoms with Gasteiger partial charge in [0.25, 0.3) is 5.91 Å². The fraction of sp³-hybridized carbons (Fsp3) is 0.478. The van der Waals surface area contributed by atoms with Gasteiger partial charge in [-0.05, 0) is 29.7 Å². The molecule has 1 aliphatic rings. The van der Waals surface area contributed by atoms with E-state index in [4.69, 9.17) is 14.7 Å². The van der Waals surface area contributed by atoms with Crippen LogP contribution < -0.4 is 15.2 Å². The Labute approximate surface area is 188 Å². The first-order chi connectivity index (χ1) is 15.3. The lowest BCUT2D eigenvalue weighted by Gasteiger charge is -2.30. The number of hydrazine groups is 1. The number of rotatable bonds is 8. The van der Waals surface area contributed by atoms with Crippen LogP contribution in [0.2, 0.25) is 0 Å². The molecule has 1 N–H and O–H groups in total. The van der Waals surface area contributed by atoms with Gasteiger partial charge < -0.3 is 9.47 Å². The molecule has 9 heteroatoms. The van der Waals surface area contributed by atoms with E-state index in [1.807, 2.05) is 6.07 Å². The Bertz CT molecular complexity index is 930. The first-order valence-corrected chi connectivity index (χ1v) is 10.7. The van der Waals surface area contributed by atoms with Gasteiger partial charge in [-0.2, -0.15) is 10.2 Å². The number of ether oxygens (including phenoxy) is 2. The van der Waals surface area contributed by atoms with Crippen LogP contribution in [0.4, 0.5) is 5.82 Å². The zero-order valence-electron chi connectivity index (χ0n) is 18.9. The minimum absolute atomic E-state index is 0.0502. The molecule has 9 nitrogen and oxygen atoms in total. The van der Waals surface area contributed by atoms with Gasteiger partial charge in [-0.3, -0.25) is 20.1 Å². The molecule has 1 aromatic heterocycles. The fourth-order valence-corrected chi connectivity index (χ4v) is 3.21. The van der Waals surface area contributed by atoms with Crippen LogP contribution in [-0.4, -0.2) is 66.8 Å². The maximum atomic E-state index is 12.9. The van der Waals surface area contributed by atoms with Crippen LogP contribution in [0.1, 0.15) is 37.0 Å². The number of benzene rings is 1. The molecule has 1 fully saturated rings. The molecule has 1 aliphatic heterocycles. The highest BCUT2D eigenvalue weighted by atomic mass is 16.5. The Balaban J connectivity index is 1.60. The second-order valence-corrected chi connectivity index (χ2v) is 8.76. The number of hydrogen-bond donors (Lipinski definition) is 1. The number of carbonyl (C=O) groups excluding carboxylic acids is 1. The zero-order chi connectivity index (χ0) is 23.0. The predicted octanol–water partition coefficient (Wildman–Crippen LogP) is 2.26. The Morgan fingerprint density at radius 1 is 1.25 bits per heavy atom. The van der Waals surface area contributed by atoms with E-state index >= 15 is 0 Å². The number of hydrogen-bond acceptors (Lipinski definition) is 8. The summed E-state index contributed by atoms with van der Waals surface area (Å²) in [6.07, 6.45) is 1.51. The van der Waals surface area contributed by atoms with Crippen molar-refractivity contribution in [1.29, 1.82) is 5.26 Å². The van der Waals surface area contributed by atoms with E-state index < -0.39 is 0 Å². The van der Waals surface area contributed by atoms with Gasteiger partial charge in [0.15, 0.2) is 5.82 Å². The fourth-order valence-electron chi connectivity index (χ4n) is 3.21. The summed E-state index contributed by atoms with van der Waals surface area (Å²) in [6.45, 7) is 11.5. The molecule has 2 aromatic rings. The van der Waals surface area contributed by atoms with Crippen LogP contribution in [0, 0.1) is 16.7 Å². The topological polar surface area (TPSA) is 104 Å². The molecule has 0 radical (unpaired) electrons. The number of nitrogens with one attached hydrogen (secondary N) is 1. The maximum Gasteiger partial charge on any atom is 0.269 e. The van der Waals surface area contributed by atoms with E-state index in [9.17, 15) is 4.79 Å². The molecule has 3 rings (SSSR count). The number of anilines is 1. The Kier molecular flexibility index (Phi) is 7.98. The van der Waals surface area contributed by atoms with E-state index in [1.165, 1.54) is 6.20 Å². The molecule has 0 unspecified atom stereocenters. The Morgan fingerprint density at radius 2 is 1.97 bits per heavy atom. The second kappa shape index (κ2) is 10.9. The number of carbonyl (C=O) groups is 1. The molecule has 1 aromatic carbocycles. The molecular weight excluding hydrogens is 408 g/mol. The van der Waals surface area contributed by atoms with Crippen molar-refractivity contribution in [2.75, 3.05) is 51.0 Å². The SMILES string of the molecule is CC(C)(C)CN(NC(=O)c1ccc(OCCN2CCOCC2)cc1)c1ccnc(C#N)n1. The number of nitrogens with zero attached hydrogens (tertiary/aromatic N) is 5. The van der Waals surface area contributed by atoms with Gasteiger partial charge in [-0.15, -0.1) is 0 Å². The average Bonchev–Trinajstić information content (AvgIpc) is 2.79. The molecule has 0 bridgehead atoms. The van der Waals surface area contributed by atoms with Crippen molar-refractivity contribution in [1.82, 2.24) is 20.3 Å². The van der Waals surface area contributed by atoms with Crippen LogP contribution >= 0.6 is 0 Å². The Morgan fingerprint density at radius 3 is 2.62 bits per heavy atom. The zero-order valence-corrected chi connectivity index (χ0v) is 18.9. The minimum atomic E-state index is -0.272. The van der Waals surface area contributed by atoms with Crippen molar-refractivity contribution in [3.05, 3.63) is 47.9 Å². The van der Waals surface area contributed by atoms with Crippen LogP contribution in [-0.2, 0) is 4.74 Å². The Hall–Kier alpha value is -3.22. The summed E-state index contributed by atoms with van der Waals surface area (Å²) < 4.78 is 11.2. The smallest absolute Gasteiger partial charge is 0.269 e. The monoisotopic (exact) mass is 438 g/mol. The highest BCUT2D eigenvalue weighted by Gasteiger charge is 2.21. The highest BCUT2D eigenvalue weighted by Crippen LogP contribution is 2.19. The lowest BCUT2D eigenvalue weighted by Crippen LogP contribution is -2.47. The highest BCUT2D eigenvalue weighted by molar-refractivity contribution is 5.95. The standard InChI is InChI=1S/C23H30N6O3/c1-23(2,3)17-29(21-8-9-25-20(16-24)26-21)27-22(30)18-4-6-19(7-5-18)32-15-12-28-10-13-31-14-11-28/h4-9H,10-15,17H2,1-3H3,(H,27,30). The first kappa shape index (κ1) is 23.4. The largest absolute Gasteiger partial charge is 0.492 e. The summed E-state index contributed by atoms with van der Waals surface area (Å²) in [5.41, 5.74) is 3.28. The van der Waals surface area contributed by atoms with E-state index in [1.54, 1.807) is 35.3 Å². The third kappa shape index (κ3) is 7.18. The maximum absolute atomic E-state index is 12.9. The molecule has 0 atom stereocenters. The normalized spacial score (nSPS) is 14.4. The third-order valence-electron chi connectivity index (χ3n) is 4.78. The van der Waals surface area contributed by atoms with Gasteiger partial charge in [0.1, 0.15) is 18.4 Å². The van der Waals surface area contributed by atoms with Gasteiger partial charge in [-0.1, -0.05) is 20.8 Å². The van der Waals surface area contributed by atoms with E-state index in [-0.39, 0.29) is 17.1 Å². The summed E-state index contributed by atoms with van der Waals surface area (Å²) in [6, 6.07) is 10.6. The molecule has 2 heterocycles. The first-order valence-electron chi connectivity index (χ1n) is 10.7. The van der Waals surface area contributed by atoms with Crippen LogP contribution in [0.25, 0.3) is 0 Å². The van der Waals surface area contributed by atoms with Crippen molar-refractivity contribution >= 4 is 11.7 Å². The number of amides is 1. The van der Waals surface area contributed by atoms with Gasteiger partial charge in [-0.25, -0.2) is 4.98 Å². The van der Waals surface area contributed by atoms with Crippen molar-refractivity contribution in [3.63, 3.8) is 0 Å². The number of aromatic nitrogens is 2. The summed E-state index contributed by atoms with van der Waals surface area (Å²) in [4.78, 5) is 23.3. The molecule has 0 spiro atoms. The molecule has 0 aliphatic carbocycles. The molecule has 1 amide bonds. The van der Waals surface area contributed by atoms with Gasteiger partial charge >= 0.3 is 0 Å². The van der Waals surface area contributed by atoms with Crippen molar-refractivity contribution in [2.24, 2.45) is 5.41 Å². The van der Waals surface area contributed by atoms with Gasteiger partial charge in [0.05, 0.1) is 13.2 Å². The van der Waals surface area contributed by atoms with Crippen molar-refractivity contribution < 1.29 is 14.3 Å². The summed E-state index contributed by atoms with van der Waals surface area (Å²) in [5, 5.41) is 10.7. The molecule has 170 valence electrons. The predicted molar refractivity (Wildman–Crippen MR) is 120 cm³/mol. The number of morpholine rings is 1. The van der Waals surface area contributed by atoms with Crippen LogP contribution in [0.3, 0.4) is 0 Å². The van der Waals surface area contributed by atoms with E-state index in [2.05, 4.69) is 41.1 Å². The molecule has 1 saturated heterocycles. The summed E-state index contributed by atoms with van der Waals surface area (Å²) >= 11 is 0. The summed E-state index contributed by atoms with van der Waals surface area (Å²) in [7, 11) is 0. The van der Waals surface area contributed by atoms with Crippen molar-refractivity contribution in [3.8, 4) is 11.8 Å². The lowest BCUT2D eigenvalue weighted by atomic mass is 9.97. The van der Waals surface area contributed by atoms with Gasteiger partial charge in [0, 0.05) is 44.0 Å². The third-order valence-corrected chi connectivity index (χ3v) is 4.78. The lowest BCUT2D eigenvalue weighted by molar-refractivity contribution is 0.0322. The molecule has 32 heavy (non-hydrogen) atoms. The summed E-state index contributed by atoms with van der Waals surface area (Å²) in [5.74, 6) is 0.958. The minimum Gasteiger partial charge on any atom is -0.492 e. The molecule has 0 saturated carbocycles. The second-order valence-electron chi connectivity index (χ2n) is 8.76. The van der Waals surface area contributed by atoms with E-state index in [0.717, 1.165) is 38.6 Å². The average molecular weight is 439 g/mol.